The molecule has 1 aromatic carbocycles. The highest BCUT2D eigenvalue weighted by Gasteiger charge is 2.16. The quantitative estimate of drug-likeness (QED) is 0.613. The molecule has 7 nitrogen and oxygen atoms in total. The number of hydrogen-bond donors (Lipinski definition) is 1. The Labute approximate surface area is 148 Å². The van der Waals surface area contributed by atoms with Gasteiger partial charge in [-0.1, -0.05) is 18.2 Å². The number of aromatic amines is 1. The first-order chi connectivity index (χ1) is 12.7. The maximum absolute atomic E-state index is 12.6. The standard InChI is InChI=1S/C19H16N4O3/c1-25-16-8-7-15(19(22-16)26-2)23-10-9-20-17(23)13-11-12-5-3-4-6-14(12)21-18(13)24/h3-11H,1-2H3,(H,21,24). The summed E-state index contributed by atoms with van der Waals surface area (Å²) in [6, 6.07) is 13.0. The summed E-state index contributed by atoms with van der Waals surface area (Å²) in [5.41, 5.74) is 1.69. The van der Waals surface area contributed by atoms with Crippen molar-refractivity contribution in [3.05, 3.63) is 65.2 Å². The van der Waals surface area contributed by atoms with Crippen LogP contribution >= 0.6 is 0 Å². The monoisotopic (exact) mass is 348 g/mol. The zero-order chi connectivity index (χ0) is 18.1. The van der Waals surface area contributed by atoms with Gasteiger partial charge in [-0.3, -0.25) is 9.36 Å². The van der Waals surface area contributed by atoms with E-state index >= 15 is 0 Å². The molecule has 26 heavy (non-hydrogen) atoms. The molecule has 130 valence electrons. The van der Waals surface area contributed by atoms with E-state index in [2.05, 4.69) is 15.0 Å². The average Bonchev–Trinajstić information content (AvgIpc) is 3.16. The summed E-state index contributed by atoms with van der Waals surface area (Å²) < 4.78 is 12.3. The largest absolute Gasteiger partial charge is 0.481 e. The molecule has 0 radical (unpaired) electrons. The third-order valence-corrected chi connectivity index (χ3v) is 4.11. The van der Waals surface area contributed by atoms with E-state index < -0.39 is 0 Å². The van der Waals surface area contributed by atoms with Gasteiger partial charge in [0, 0.05) is 24.0 Å². The Morgan fingerprint density at radius 3 is 2.73 bits per heavy atom. The van der Waals surface area contributed by atoms with Crippen LogP contribution in [0.2, 0.25) is 0 Å². The van der Waals surface area contributed by atoms with E-state index in [1.165, 1.54) is 7.11 Å². The van der Waals surface area contributed by atoms with Crippen LogP contribution in [0.1, 0.15) is 0 Å². The minimum Gasteiger partial charge on any atom is -0.481 e. The highest BCUT2D eigenvalue weighted by molar-refractivity contribution is 5.82. The molecular formula is C19H16N4O3. The molecule has 0 aliphatic carbocycles. The molecule has 0 unspecified atom stereocenters. The minimum atomic E-state index is -0.211. The Morgan fingerprint density at radius 2 is 1.92 bits per heavy atom. The molecule has 0 aliphatic heterocycles. The third kappa shape index (κ3) is 2.59. The molecule has 7 heteroatoms. The molecule has 3 aromatic heterocycles. The number of imidazole rings is 1. The Hall–Kier alpha value is -3.61. The SMILES string of the molecule is COc1ccc(-n2ccnc2-c2cc3ccccc3[nH]c2=O)c(OC)n1. The molecule has 1 N–H and O–H groups in total. The van der Waals surface area contributed by atoms with Gasteiger partial charge in [-0.25, -0.2) is 4.98 Å². The number of para-hydroxylation sites is 1. The van der Waals surface area contributed by atoms with E-state index in [4.69, 9.17) is 9.47 Å². The van der Waals surface area contributed by atoms with Crippen LogP contribution in [-0.2, 0) is 0 Å². The van der Waals surface area contributed by atoms with E-state index in [0.29, 0.717) is 28.8 Å². The molecule has 4 rings (SSSR count). The Morgan fingerprint density at radius 1 is 1.08 bits per heavy atom. The third-order valence-electron chi connectivity index (χ3n) is 4.11. The lowest BCUT2D eigenvalue weighted by Gasteiger charge is -2.12. The molecule has 0 atom stereocenters. The van der Waals surface area contributed by atoms with Crippen molar-refractivity contribution in [1.29, 1.82) is 0 Å². The Balaban J connectivity index is 1.91. The molecule has 0 bridgehead atoms. The topological polar surface area (TPSA) is 82.0 Å². The number of H-pyrrole nitrogens is 1. The van der Waals surface area contributed by atoms with Crippen LogP contribution in [0.15, 0.2) is 59.7 Å². The first kappa shape index (κ1) is 15.9. The van der Waals surface area contributed by atoms with E-state index in [0.717, 1.165) is 10.9 Å². The van der Waals surface area contributed by atoms with Crippen molar-refractivity contribution in [2.75, 3.05) is 14.2 Å². The number of methoxy groups -OCH3 is 2. The molecule has 4 aromatic rings. The van der Waals surface area contributed by atoms with E-state index in [-0.39, 0.29) is 5.56 Å². The number of pyridine rings is 2. The molecule has 0 saturated carbocycles. The summed E-state index contributed by atoms with van der Waals surface area (Å²) in [7, 11) is 3.07. The molecular weight excluding hydrogens is 332 g/mol. The number of fused-ring (bicyclic) bond motifs is 1. The smallest absolute Gasteiger partial charge is 0.259 e. The molecule has 0 spiro atoms. The average molecular weight is 348 g/mol. The summed E-state index contributed by atoms with van der Waals surface area (Å²) in [5.74, 6) is 1.32. The first-order valence-electron chi connectivity index (χ1n) is 7.96. The molecule has 3 heterocycles. The summed E-state index contributed by atoms with van der Waals surface area (Å²) in [6.45, 7) is 0. The number of ether oxygens (including phenoxy) is 2. The van der Waals surface area contributed by atoms with Gasteiger partial charge in [-0.05, 0) is 23.6 Å². The van der Waals surface area contributed by atoms with Crippen LogP contribution in [-0.4, -0.2) is 33.7 Å². The van der Waals surface area contributed by atoms with Crippen molar-refractivity contribution in [3.8, 4) is 28.8 Å². The summed E-state index contributed by atoms with van der Waals surface area (Å²) in [6.07, 6.45) is 3.39. The normalized spacial score (nSPS) is 10.8. The van der Waals surface area contributed by atoms with Crippen molar-refractivity contribution in [1.82, 2.24) is 19.5 Å². The van der Waals surface area contributed by atoms with Gasteiger partial charge < -0.3 is 14.5 Å². The predicted molar refractivity (Wildman–Crippen MR) is 98.0 cm³/mol. The molecule has 0 fully saturated rings. The van der Waals surface area contributed by atoms with Crippen LogP contribution in [0.4, 0.5) is 0 Å². The highest BCUT2D eigenvalue weighted by Crippen LogP contribution is 2.28. The summed E-state index contributed by atoms with van der Waals surface area (Å²) >= 11 is 0. The van der Waals surface area contributed by atoms with E-state index in [9.17, 15) is 4.79 Å². The van der Waals surface area contributed by atoms with Crippen LogP contribution in [0.3, 0.4) is 0 Å². The fraction of sp³-hybridized carbons (Fsp3) is 0.105. The van der Waals surface area contributed by atoms with Gasteiger partial charge in [0.1, 0.15) is 11.5 Å². The lowest BCUT2D eigenvalue weighted by atomic mass is 10.1. The van der Waals surface area contributed by atoms with Gasteiger partial charge in [0.15, 0.2) is 0 Å². The number of nitrogens with one attached hydrogen (secondary N) is 1. The highest BCUT2D eigenvalue weighted by atomic mass is 16.5. The first-order valence-corrected chi connectivity index (χ1v) is 7.96. The van der Waals surface area contributed by atoms with Gasteiger partial charge in [0.25, 0.3) is 5.56 Å². The Kier molecular flexibility index (Phi) is 3.89. The maximum Gasteiger partial charge on any atom is 0.259 e. The minimum absolute atomic E-state index is 0.211. The fourth-order valence-corrected chi connectivity index (χ4v) is 2.87. The van der Waals surface area contributed by atoms with E-state index in [1.807, 2.05) is 36.4 Å². The second-order valence-corrected chi connectivity index (χ2v) is 5.60. The van der Waals surface area contributed by atoms with Crippen LogP contribution in [0.25, 0.3) is 28.0 Å². The number of benzene rings is 1. The van der Waals surface area contributed by atoms with Crippen molar-refractivity contribution < 1.29 is 9.47 Å². The molecule has 0 amide bonds. The molecule has 0 saturated heterocycles. The second kappa shape index (κ2) is 6.36. The van der Waals surface area contributed by atoms with Gasteiger partial charge in [0.2, 0.25) is 11.8 Å². The van der Waals surface area contributed by atoms with E-state index in [1.54, 1.807) is 30.1 Å². The van der Waals surface area contributed by atoms with Crippen molar-refractivity contribution in [2.24, 2.45) is 0 Å². The van der Waals surface area contributed by atoms with Crippen molar-refractivity contribution in [2.45, 2.75) is 0 Å². The predicted octanol–water partition coefficient (Wildman–Crippen LogP) is 2.79. The van der Waals surface area contributed by atoms with Crippen LogP contribution in [0, 0.1) is 0 Å². The van der Waals surface area contributed by atoms with Gasteiger partial charge >= 0.3 is 0 Å². The van der Waals surface area contributed by atoms with Crippen molar-refractivity contribution in [3.63, 3.8) is 0 Å². The Bertz CT molecular complexity index is 1150. The van der Waals surface area contributed by atoms with Gasteiger partial charge in [-0.2, -0.15) is 4.98 Å². The summed E-state index contributed by atoms with van der Waals surface area (Å²) in [4.78, 5) is 24.2. The number of hydrogen-bond acceptors (Lipinski definition) is 5. The van der Waals surface area contributed by atoms with Gasteiger partial charge in [0.05, 0.1) is 19.8 Å². The number of rotatable bonds is 4. The molecule has 0 aliphatic rings. The summed E-state index contributed by atoms with van der Waals surface area (Å²) in [5, 5.41) is 0.927. The zero-order valence-corrected chi connectivity index (χ0v) is 14.3. The zero-order valence-electron chi connectivity index (χ0n) is 14.3. The van der Waals surface area contributed by atoms with Crippen LogP contribution in [0.5, 0.6) is 11.8 Å². The van der Waals surface area contributed by atoms with Gasteiger partial charge in [-0.15, -0.1) is 0 Å². The maximum atomic E-state index is 12.6. The lowest BCUT2D eigenvalue weighted by molar-refractivity contribution is 0.363. The second-order valence-electron chi connectivity index (χ2n) is 5.60. The fourth-order valence-electron chi connectivity index (χ4n) is 2.87. The number of nitrogens with zero attached hydrogens (tertiary/aromatic N) is 3. The van der Waals surface area contributed by atoms with Crippen LogP contribution < -0.4 is 15.0 Å². The van der Waals surface area contributed by atoms with Crippen molar-refractivity contribution >= 4 is 10.9 Å². The lowest BCUT2D eigenvalue weighted by Crippen LogP contribution is -2.12. The number of aromatic nitrogens is 4.